The van der Waals surface area contributed by atoms with Crippen LogP contribution < -0.4 is 4.74 Å². The molecule has 1 amide bonds. The van der Waals surface area contributed by atoms with E-state index >= 15 is 0 Å². The van der Waals surface area contributed by atoms with Gasteiger partial charge in [-0.25, -0.2) is 0 Å². The monoisotopic (exact) mass is 382 g/mol. The molecule has 3 aliphatic rings. The van der Waals surface area contributed by atoms with Crippen molar-refractivity contribution < 1.29 is 14.3 Å². The fraction of sp³-hybridized carbons (Fsp3) is 0.571. The summed E-state index contributed by atoms with van der Waals surface area (Å²) in [7, 11) is 1.71. The molecule has 148 valence electrons. The number of carbonyl (C=O) groups is 1. The molecule has 1 saturated heterocycles. The van der Waals surface area contributed by atoms with Crippen LogP contribution in [0.5, 0.6) is 5.75 Å². The number of ether oxygens (including phenoxy) is 2. The molecule has 1 aromatic heterocycles. The van der Waals surface area contributed by atoms with E-state index in [0.717, 1.165) is 56.6 Å². The lowest BCUT2D eigenvalue weighted by Gasteiger charge is -2.45. The summed E-state index contributed by atoms with van der Waals surface area (Å²) in [6.45, 7) is 2.86. The predicted molar refractivity (Wildman–Crippen MR) is 102 cm³/mol. The number of likely N-dealkylation sites (tertiary alicyclic amines) is 1. The quantitative estimate of drug-likeness (QED) is 0.797. The van der Waals surface area contributed by atoms with Gasteiger partial charge in [-0.2, -0.15) is 0 Å². The molecule has 0 atom stereocenters. The lowest BCUT2D eigenvalue weighted by molar-refractivity contribution is -0.0947. The van der Waals surface area contributed by atoms with Gasteiger partial charge >= 0.3 is 0 Å². The third-order valence-corrected chi connectivity index (χ3v) is 6.45. The molecular weight excluding hydrogens is 356 g/mol. The molecule has 3 aliphatic heterocycles. The summed E-state index contributed by atoms with van der Waals surface area (Å²) in [5, 5.41) is 8.44. The van der Waals surface area contributed by atoms with Crippen LogP contribution in [0.4, 0.5) is 0 Å². The topological polar surface area (TPSA) is 69.5 Å². The number of aryl methyl sites for hydroxylation is 1. The highest BCUT2D eigenvalue weighted by Gasteiger charge is 2.44. The zero-order chi connectivity index (χ0) is 19.1. The Labute approximate surface area is 164 Å². The fourth-order valence-corrected chi connectivity index (χ4v) is 4.97. The minimum absolute atomic E-state index is 0.00782. The molecule has 0 radical (unpaired) electrons. The molecule has 28 heavy (non-hydrogen) atoms. The number of methoxy groups -OCH3 is 1. The Morgan fingerprint density at radius 2 is 2.00 bits per heavy atom. The highest BCUT2D eigenvalue weighted by atomic mass is 16.5. The third-order valence-electron chi connectivity index (χ3n) is 6.45. The number of rotatable bonds is 2. The van der Waals surface area contributed by atoms with Gasteiger partial charge in [0.2, 0.25) is 5.82 Å². The van der Waals surface area contributed by atoms with Crippen LogP contribution in [0.2, 0.25) is 0 Å². The van der Waals surface area contributed by atoms with Crippen molar-refractivity contribution in [1.29, 1.82) is 0 Å². The SMILES string of the molecule is COc1cccc2c1C1(CCN(C(=O)c3nnc4n3CCCC4)CC1)OCC2. The summed E-state index contributed by atoms with van der Waals surface area (Å²) in [5.41, 5.74) is 2.12. The first-order valence-corrected chi connectivity index (χ1v) is 10.2. The van der Waals surface area contributed by atoms with Gasteiger partial charge < -0.3 is 18.9 Å². The van der Waals surface area contributed by atoms with Crippen LogP contribution in [0.3, 0.4) is 0 Å². The zero-order valence-corrected chi connectivity index (χ0v) is 16.3. The fourth-order valence-electron chi connectivity index (χ4n) is 4.97. The van der Waals surface area contributed by atoms with E-state index in [1.165, 1.54) is 11.1 Å². The van der Waals surface area contributed by atoms with E-state index in [-0.39, 0.29) is 11.5 Å². The molecule has 2 aromatic rings. The van der Waals surface area contributed by atoms with Crippen LogP contribution in [-0.2, 0) is 29.7 Å². The number of aromatic nitrogens is 3. The summed E-state index contributed by atoms with van der Waals surface area (Å²) in [4.78, 5) is 15.0. The maximum absolute atomic E-state index is 13.1. The smallest absolute Gasteiger partial charge is 0.291 e. The van der Waals surface area contributed by atoms with Gasteiger partial charge in [0.1, 0.15) is 17.2 Å². The van der Waals surface area contributed by atoms with E-state index in [9.17, 15) is 4.79 Å². The number of hydrogen-bond acceptors (Lipinski definition) is 5. The molecule has 7 heteroatoms. The average molecular weight is 382 g/mol. The van der Waals surface area contributed by atoms with Crippen molar-refractivity contribution in [3.8, 4) is 5.75 Å². The number of piperidine rings is 1. The van der Waals surface area contributed by atoms with Crippen molar-refractivity contribution in [2.75, 3.05) is 26.8 Å². The van der Waals surface area contributed by atoms with Crippen LogP contribution in [0, 0.1) is 0 Å². The maximum Gasteiger partial charge on any atom is 0.291 e. The van der Waals surface area contributed by atoms with Crippen LogP contribution in [0.25, 0.3) is 0 Å². The molecule has 0 unspecified atom stereocenters. The molecule has 7 nitrogen and oxygen atoms in total. The molecule has 5 rings (SSSR count). The zero-order valence-electron chi connectivity index (χ0n) is 16.3. The second-order valence-corrected chi connectivity index (χ2v) is 7.93. The van der Waals surface area contributed by atoms with Gasteiger partial charge in [0.15, 0.2) is 0 Å². The van der Waals surface area contributed by atoms with Gasteiger partial charge in [0, 0.05) is 31.6 Å². The first-order chi connectivity index (χ1) is 13.7. The van der Waals surface area contributed by atoms with Crippen molar-refractivity contribution in [3.05, 3.63) is 41.0 Å². The molecular formula is C21H26N4O3. The molecule has 0 saturated carbocycles. The van der Waals surface area contributed by atoms with Gasteiger partial charge in [-0.15, -0.1) is 10.2 Å². The van der Waals surface area contributed by atoms with Crippen molar-refractivity contribution in [1.82, 2.24) is 19.7 Å². The highest BCUT2D eigenvalue weighted by Crippen LogP contribution is 2.45. The Morgan fingerprint density at radius 3 is 2.82 bits per heavy atom. The summed E-state index contributed by atoms with van der Waals surface area (Å²) in [6.07, 6.45) is 5.56. The molecule has 4 heterocycles. The molecule has 1 fully saturated rings. The van der Waals surface area contributed by atoms with Crippen LogP contribution >= 0.6 is 0 Å². The number of nitrogens with zero attached hydrogens (tertiary/aromatic N) is 4. The molecule has 0 aliphatic carbocycles. The normalized spacial score (nSPS) is 20.5. The minimum Gasteiger partial charge on any atom is -0.496 e. The van der Waals surface area contributed by atoms with E-state index in [0.29, 0.717) is 25.5 Å². The van der Waals surface area contributed by atoms with Crippen molar-refractivity contribution in [2.45, 2.75) is 50.7 Å². The van der Waals surface area contributed by atoms with Crippen LogP contribution in [0.1, 0.15) is 53.3 Å². The second kappa shape index (κ2) is 6.88. The lowest BCUT2D eigenvalue weighted by Crippen LogP contribution is -2.49. The number of hydrogen-bond donors (Lipinski definition) is 0. The molecule has 1 aromatic carbocycles. The van der Waals surface area contributed by atoms with E-state index < -0.39 is 0 Å². The minimum atomic E-state index is -0.360. The van der Waals surface area contributed by atoms with Crippen molar-refractivity contribution in [3.63, 3.8) is 0 Å². The van der Waals surface area contributed by atoms with Gasteiger partial charge in [-0.3, -0.25) is 4.79 Å². The first-order valence-electron chi connectivity index (χ1n) is 10.2. The summed E-state index contributed by atoms with van der Waals surface area (Å²) in [5.74, 6) is 2.32. The Kier molecular flexibility index (Phi) is 4.34. The Bertz CT molecular complexity index is 885. The van der Waals surface area contributed by atoms with E-state index in [1.807, 2.05) is 21.6 Å². The van der Waals surface area contributed by atoms with Crippen molar-refractivity contribution >= 4 is 5.91 Å². The Hall–Kier alpha value is -2.41. The van der Waals surface area contributed by atoms with Gasteiger partial charge in [-0.05, 0) is 43.7 Å². The van der Waals surface area contributed by atoms with E-state index in [4.69, 9.17) is 9.47 Å². The standard InChI is InChI=1S/C21H26N4O3/c1-27-16-6-4-5-15-8-14-28-21(18(15)16)9-12-24(13-10-21)20(26)19-23-22-17-7-2-3-11-25(17)19/h4-6H,2-3,7-14H2,1H3. The van der Waals surface area contributed by atoms with Crippen LogP contribution in [0.15, 0.2) is 18.2 Å². The van der Waals surface area contributed by atoms with Gasteiger partial charge in [0.25, 0.3) is 5.91 Å². The van der Waals surface area contributed by atoms with Gasteiger partial charge in [0.05, 0.1) is 13.7 Å². The van der Waals surface area contributed by atoms with E-state index in [2.05, 4.69) is 16.3 Å². The largest absolute Gasteiger partial charge is 0.496 e. The summed E-state index contributed by atoms with van der Waals surface area (Å²) < 4.78 is 14.0. The predicted octanol–water partition coefficient (Wildman–Crippen LogP) is 2.33. The molecule has 1 spiro atoms. The molecule has 0 bridgehead atoms. The number of amides is 1. The lowest BCUT2D eigenvalue weighted by atomic mass is 9.78. The number of fused-ring (bicyclic) bond motifs is 3. The second-order valence-electron chi connectivity index (χ2n) is 7.93. The molecule has 0 N–H and O–H groups in total. The third kappa shape index (κ3) is 2.71. The van der Waals surface area contributed by atoms with E-state index in [1.54, 1.807) is 7.11 Å². The van der Waals surface area contributed by atoms with Gasteiger partial charge in [-0.1, -0.05) is 12.1 Å². The Morgan fingerprint density at radius 1 is 1.14 bits per heavy atom. The summed E-state index contributed by atoms with van der Waals surface area (Å²) in [6, 6.07) is 6.22. The summed E-state index contributed by atoms with van der Waals surface area (Å²) >= 11 is 0. The van der Waals surface area contributed by atoms with Crippen LogP contribution in [-0.4, -0.2) is 52.4 Å². The highest BCUT2D eigenvalue weighted by molar-refractivity contribution is 5.90. The van der Waals surface area contributed by atoms with Crippen molar-refractivity contribution in [2.24, 2.45) is 0 Å². The number of benzene rings is 1. The maximum atomic E-state index is 13.1. The number of carbonyl (C=O) groups excluding carboxylic acids is 1. The average Bonchev–Trinajstić information content (AvgIpc) is 3.18. The Balaban J connectivity index is 1.38. The first kappa shape index (κ1) is 17.7.